The van der Waals surface area contributed by atoms with Crippen molar-refractivity contribution in [2.24, 2.45) is 12.2 Å². The fourth-order valence-corrected chi connectivity index (χ4v) is 4.66. The highest BCUT2D eigenvalue weighted by atomic mass is 32.2. The van der Waals surface area contributed by atoms with Gasteiger partial charge in [-0.15, -0.1) is 5.10 Å². The number of benzene rings is 1. The van der Waals surface area contributed by atoms with Crippen LogP contribution < -0.4 is 5.32 Å². The van der Waals surface area contributed by atoms with Crippen LogP contribution in [0.3, 0.4) is 0 Å². The van der Waals surface area contributed by atoms with Gasteiger partial charge in [0.2, 0.25) is 5.82 Å². The minimum atomic E-state index is -0.505. The highest BCUT2D eigenvalue weighted by molar-refractivity contribution is 7.99. The number of ether oxygens (including phenoxy) is 1. The monoisotopic (exact) mass is 467 g/mol. The number of carbonyl (C=O) groups is 1. The first-order chi connectivity index (χ1) is 16.0. The van der Waals surface area contributed by atoms with E-state index in [9.17, 15) is 4.79 Å². The Morgan fingerprint density at radius 3 is 2.70 bits per heavy atom. The minimum Gasteiger partial charge on any atom is -0.443 e. The fourth-order valence-electron chi connectivity index (χ4n) is 3.30. The van der Waals surface area contributed by atoms with Crippen LogP contribution >= 0.6 is 11.8 Å². The van der Waals surface area contributed by atoms with Gasteiger partial charge in [0, 0.05) is 12.6 Å². The maximum atomic E-state index is 12.4. The standard InChI is InChI=1S/C22H25N7O3S/c1-22(11-13-33-14-12-22)32-21(30)24-18-10-6-9-17(23-18)15-31-26-19(16-7-4-3-5-8-16)20-25-27-28-29(20)2/h3-10H,11-15H2,1-2H3,(H,23,24,30)/b26-19-. The number of oxime groups is 1. The van der Waals surface area contributed by atoms with Crippen molar-refractivity contribution in [2.45, 2.75) is 32.0 Å². The smallest absolute Gasteiger partial charge is 0.413 e. The van der Waals surface area contributed by atoms with Crippen molar-refractivity contribution in [1.29, 1.82) is 0 Å². The van der Waals surface area contributed by atoms with E-state index in [0.29, 0.717) is 23.0 Å². The largest absolute Gasteiger partial charge is 0.443 e. The Morgan fingerprint density at radius 1 is 1.18 bits per heavy atom. The molecular formula is C22H25N7O3S. The average Bonchev–Trinajstić information content (AvgIpc) is 3.23. The molecule has 1 aliphatic rings. The first-order valence-corrected chi connectivity index (χ1v) is 11.7. The first-order valence-electron chi connectivity index (χ1n) is 10.5. The highest BCUT2D eigenvalue weighted by Gasteiger charge is 2.31. The molecule has 172 valence electrons. The summed E-state index contributed by atoms with van der Waals surface area (Å²) in [6, 6.07) is 14.8. The van der Waals surface area contributed by atoms with Crippen molar-refractivity contribution in [2.75, 3.05) is 16.8 Å². The molecule has 0 spiro atoms. The number of amides is 1. The lowest BCUT2D eigenvalue weighted by atomic mass is 10.00. The van der Waals surface area contributed by atoms with Crippen LogP contribution in [0.2, 0.25) is 0 Å². The number of carbonyl (C=O) groups excluding carboxylic acids is 1. The molecule has 0 radical (unpaired) electrons. The van der Waals surface area contributed by atoms with Gasteiger partial charge in [0.25, 0.3) is 0 Å². The zero-order valence-electron chi connectivity index (χ0n) is 18.5. The molecule has 0 atom stereocenters. The Hall–Kier alpha value is -3.47. The fraction of sp³-hybridized carbons (Fsp3) is 0.364. The van der Waals surface area contributed by atoms with E-state index in [1.807, 2.05) is 49.0 Å². The molecule has 4 rings (SSSR count). The Balaban J connectivity index is 1.41. The van der Waals surface area contributed by atoms with E-state index in [1.54, 1.807) is 25.2 Å². The van der Waals surface area contributed by atoms with Crippen molar-refractivity contribution < 1.29 is 14.4 Å². The summed E-state index contributed by atoms with van der Waals surface area (Å²) in [5, 5.41) is 18.6. The van der Waals surface area contributed by atoms with Crippen LogP contribution in [0, 0.1) is 0 Å². The molecule has 0 unspecified atom stereocenters. The van der Waals surface area contributed by atoms with Gasteiger partial charge in [-0.25, -0.2) is 14.5 Å². The van der Waals surface area contributed by atoms with Crippen LogP contribution in [-0.2, 0) is 23.2 Å². The Bertz CT molecular complexity index is 1110. The topological polar surface area (TPSA) is 116 Å². The molecule has 1 aliphatic heterocycles. The summed E-state index contributed by atoms with van der Waals surface area (Å²) in [7, 11) is 1.73. The van der Waals surface area contributed by atoms with Gasteiger partial charge in [-0.3, -0.25) is 5.32 Å². The second kappa shape index (κ2) is 10.4. The number of thioether (sulfide) groups is 1. The molecular weight excluding hydrogens is 442 g/mol. The predicted octanol–water partition coefficient (Wildman–Crippen LogP) is 3.41. The van der Waals surface area contributed by atoms with Gasteiger partial charge in [-0.1, -0.05) is 41.6 Å². The van der Waals surface area contributed by atoms with E-state index in [4.69, 9.17) is 9.57 Å². The summed E-state index contributed by atoms with van der Waals surface area (Å²) in [6.07, 6.45) is 1.18. The summed E-state index contributed by atoms with van der Waals surface area (Å²) in [4.78, 5) is 22.4. The van der Waals surface area contributed by atoms with Crippen molar-refractivity contribution >= 4 is 29.4 Å². The van der Waals surface area contributed by atoms with Crippen molar-refractivity contribution in [3.63, 3.8) is 0 Å². The lowest BCUT2D eigenvalue weighted by Gasteiger charge is -2.32. The zero-order valence-corrected chi connectivity index (χ0v) is 19.3. The SMILES string of the molecule is Cn1nnnc1/C(=N\OCc1cccc(NC(=O)OC2(C)CCSCC2)n1)c1ccccc1. The van der Waals surface area contributed by atoms with Crippen LogP contribution in [-0.4, -0.2) is 54.1 Å². The van der Waals surface area contributed by atoms with Crippen LogP contribution in [0.25, 0.3) is 0 Å². The van der Waals surface area contributed by atoms with E-state index >= 15 is 0 Å². The number of anilines is 1. The molecule has 11 heteroatoms. The number of nitrogens with zero attached hydrogens (tertiary/aromatic N) is 6. The molecule has 1 saturated heterocycles. The molecule has 1 aromatic carbocycles. The second-order valence-corrected chi connectivity index (χ2v) is 9.02. The Labute approximate surface area is 195 Å². The molecule has 0 aliphatic carbocycles. The van der Waals surface area contributed by atoms with Crippen LogP contribution in [0.4, 0.5) is 10.6 Å². The van der Waals surface area contributed by atoms with E-state index in [2.05, 4.69) is 31.0 Å². The Kier molecular flexibility index (Phi) is 7.18. The number of hydrogen-bond acceptors (Lipinski definition) is 9. The van der Waals surface area contributed by atoms with Gasteiger partial charge >= 0.3 is 6.09 Å². The number of tetrazole rings is 1. The average molecular weight is 468 g/mol. The Morgan fingerprint density at radius 2 is 1.97 bits per heavy atom. The van der Waals surface area contributed by atoms with E-state index < -0.39 is 11.7 Å². The van der Waals surface area contributed by atoms with E-state index in [-0.39, 0.29) is 6.61 Å². The van der Waals surface area contributed by atoms with Gasteiger partial charge in [0.15, 0.2) is 12.3 Å². The maximum Gasteiger partial charge on any atom is 0.413 e. The molecule has 1 fully saturated rings. The molecule has 33 heavy (non-hydrogen) atoms. The molecule has 3 aromatic rings. The number of hydrogen-bond donors (Lipinski definition) is 1. The lowest BCUT2D eigenvalue weighted by Crippen LogP contribution is -2.37. The van der Waals surface area contributed by atoms with Crippen LogP contribution in [0.5, 0.6) is 0 Å². The molecule has 10 nitrogen and oxygen atoms in total. The number of nitrogens with one attached hydrogen (secondary N) is 1. The van der Waals surface area contributed by atoms with Crippen LogP contribution in [0.15, 0.2) is 53.7 Å². The lowest BCUT2D eigenvalue weighted by molar-refractivity contribution is 0.0279. The maximum absolute atomic E-state index is 12.4. The third-order valence-corrected chi connectivity index (χ3v) is 6.16. The van der Waals surface area contributed by atoms with Crippen LogP contribution in [0.1, 0.15) is 36.8 Å². The van der Waals surface area contributed by atoms with Gasteiger partial charge < -0.3 is 9.57 Å². The third-order valence-electron chi connectivity index (χ3n) is 5.17. The predicted molar refractivity (Wildman–Crippen MR) is 125 cm³/mol. The van der Waals surface area contributed by atoms with Crippen molar-refractivity contribution in [3.05, 3.63) is 65.6 Å². The molecule has 1 N–H and O–H groups in total. The molecule has 0 bridgehead atoms. The number of aryl methyl sites for hydroxylation is 1. The van der Waals surface area contributed by atoms with E-state index in [1.165, 1.54) is 4.68 Å². The summed E-state index contributed by atoms with van der Waals surface area (Å²) in [6.45, 7) is 2.07. The molecule has 3 heterocycles. The van der Waals surface area contributed by atoms with E-state index in [0.717, 1.165) is 29.9 Å². The summed E-state index contributed by atoms with van der Waals surface area (Å²) >= 11 is 1.88. The van der Waals surface area contributed by atoms with Gasteiger partial charge in [0.05, 0.1) is 5.69 Å². The third kappa shape index (κ3) is 6.07. The number of rotatable bonds is 7. The second-order valence-electron chi connectivity index (χ2n) is 7.80. The van der Waals surface area contributed by atoms with Gasteiger partial charge in [-0.2, -0.15) is 11.8 Å². The first kappa shape index (κ1) is 22.7. The summed E-state index contributed by atoms with van der Waals surface area (Å²) < 4.78 is 7.18. The molecule has 0 saturated carbocycles. The normalized spacial score (nSPS) is 15.6. The zero-order chi connectivity index (χ0) is 23.1. The minimum absolute atomic E-state index is 0.0983. The summed E-state index contributed by atoms with van der Waals surface area (Å²) in [5.74, 6) is 2.84. The quantitative estimate of drug-likeness (QED) is 0.415. The summed E-state index contributed by atoms with van der Waals surface area (Å²) in [5.41, 5.74) is 1.48. The van der Waals surface area contributed by atoms with Gasteiger partial charge in [0.1, 0.15) is 11.4 Å². The van der Waals surface area contributed by atoms with Gasteiger partial charge in [-0.05, 0) is 53.8 Å². The van der Waals surface area contributed by atoms with Crippen molar-refractivity contribution in [3.8, 4) is 0 Å². The van der Waals surface area contributed by atoms with Crippen molar-refractivity contribution in [1.82, 2.24) is 25.2 Å². The number of aromatic nitrogens is 5. The molecule has 2 aromatic heterocycles. The molecule has 1 amide bonds. The number of pyridine rings is 1. The highest BCUT2D eigenvalue weighted by Crippen LogP contribution is 2.30.